The van der Waals surface area contributed by atoms with Crippen LogP contribution >= 0.6 is 0 Å². The van der Waals surface area contributed by atoms with Gasteiger partial charge in [0.25, 0.3) is 0 Å². The van der Waals surface area contributed by atoms with Gasteiger partial charge >= 0.3 is 0 Å². The Morgan fingerprint density at radius 1 is 1.38 bits per heavy atom. The molecule has 1 saturated heterocycles. The first-order valence-corrected chi connectivity index (χ1v) is 8.53. The molecule has 2 fully saturated rings. The number of pyridine rings is 1. The van der Waals surface area contributed by atoms with Gasteiger partial charge in [-0.15, -0.1) is 0 Å². The first-order valence-electron chi connectivity index (χ1n) is 8.53. The Labute approximate surface area is 128 Å². The highest BCUT2D eigenvalue weighted by atomic mass is 16.5. The van der Waals surface area contributed by atoms with E-state index in [4.69, 9.17) is 9.72 Å². The number of aromatic nitrogens is 1. The van der Waals surface area contributed by atoms with Gasteiger partial charge in [0, 0.05) is 12.3 Å². The molecule has 0 aromatic carbocycles. The van der Waals surface area contributed by atoms with Crippen LogP contribution < -0.4 is 5.32 Å². The average Bonchev–Trinajstić information content (AvgIpc) is 2.92. The van der Waals surface area contributed by atoms with Crippen molar-refractivity contribution in [1.82, 2.24) is 10.3 Å². The van der Waals surface area contributed by atoms with Crippen molar-refractivity contribution < 1.29 is 4.74 Å². The third-order valence-electron chi connectivity index (χ3n) is 5.17. The molecule has 3 heteroatoms. The third kappa shape index (κ3) is 3.29. The molecular formula is C18H28N2O. The van der Waals surface area contributed by atoms with Crippen LogP contribution in [0.25, 0.3) is 0 Å². The molecule has 1 aromatic rings. The topological polar surface area (TPSA) is 34.2 Å². The van der Waals surface area contributed by atoms with Crippen molar-refractivity contribution in [2.45, 2.75) is 64.0 Å². The Kier molecular flexibility index (Phi) is 4.60. The van der Waals surface area contributed by atoms with Crippen LogP contribution in [-0.4, -0.2) is 23.7 Å². The second kappa shape index (κ2) is 6.45. The summed E-state index contributed by atoms with van der Waals surface area (Å²) in [4.78, 5) is 4.78. The van der Waals surface area contributed by atoms with E-state index in [1.54, 1.807) is 0 Å². The van der Waals surface area contributed by atoms with E-state index < -0.39 is 0 Å². The molecule has 1 aliphatic carbocycles. The second-order valence-electron chi connectivity index (χ2n) is 6.73. The summed E-state index contributed by atoms with van der Waals surface area (Å²) in [6.07, 6.45) is 7.52. The largest absolute Gasteiger partial charge is 0.375 e. The van der Waals surface area contributed by atoms with E-state index in [-0.39, 0.29) is 5.60 Å². The predicted octanol–water partition coefficient (Wildman–Crippen LogP) is 3.78. The summed E-state index contributed by atoms with van der Waals surface area (Å²) in [6, 6.07) is 6.76. The van der Waals surface area contributed by atoms with Crippen molar-refractivity contribution in [2.24, 2.45) is 5.92 Å². The fraction of sp³-hybridized carbons (Fsp3) is 0.722. The summed E-state index contributed by atoms with van der Waals surface area (Å²) in [7, 11) is 0. The molecule has 116 valence electrons. The first kappa shape index (κ1) is 15.0. The minimum Gasteiger partial charge on any atom is -0.375 e. The lowest BCUT2D eigenvalue weighted by atomic mass is 9.79. The van der Waals surface area contributed by atoms with Crippen LogP contribution in [0.2, 0.25) is 0 Å². The van der Waals surface area contributed by atoms with Gasteiger partial charge in [-0.1, -0.05) is 25.8 Å². The van der Waals surface area contributed by atoms with Crippen molar-refractivity contribution in [2.75, 3.05) is 13.2 Å². The maximum absolute atomic E-state index is 6.20. The number of aryl methyl sites for hydroxylation is 1. The summed E-state index contributed by atoms with van der Waals surface area (Å²) < 4.78 is 6.20. The second-order valence-corrected chi connectivity index (χ2v) is 6.73. The summed E-state index contributed by atoms with van der Waals surface area (Å²) in [5.41, 5.74) is 2.50. The van der Waals surface area contributed by atoms with E-state index in [2.05, 4.69) is 37.4 Å². The highest BCUT2D eigenvalue weighted by Gasteiger charge is 2.42. The number of hydrogen-bond acceptors (Lipinski definition) is 3. The van der Waals surface area contributed by atoms with Crippen LogP contribution in [0.4, 0.5) is 0 Å². The Balaban J connectivity index is 1.80. The molecule has 1 spiro atoms. The lowest BCUT2D eigenvalue weighted by molar-refractivity contribution is -0.0983. The first-order chi connectivity index (χ1) is 10.2. The maximum atomic E-state index is 6.20. The zero-order valence-corrected chi connectivity index (χ0v) is 13.4. The molecule has 1 aromatic heterocycles. The lowest BCUT2D eigenvalue weighted by Gasteiger charge is -2.41. The normalized spacial score (nSPS) is 26.1. The highest BCUT2D eigenvalue weighted by molar-refractivity contribution is 5.15. The molecule has 2 atom stereocenters. The van der Waals surface area contributed by atoms with Gasteiger partial charge in [-0.3, -0.25) is 4.98 Å². The predicted molar refractivity (Wildman–Crippen MR) is 85.3 cm³/mol. The molecule has 1 N–H and O–H groups in total. The van der Waals surface area contributed by atoms with Gasteiger partial charge in [0.1, 0.15) is 0 Å². The Morgan fingerprint density at radius 2 is 2.19 bits per heavy atom. The summed E-state index contributed by atoms with van der Waals surface area (Å²) in [6.45, 7) is 6.17. The van der Waals surface area contributed by atoms with Crippen LogP contribution in [0.5, 0.6) is 0 Å². The number of ether oxygens (including phenoxy) is 1. The van der Waals surface area contributed by atoms with Crippen LogP contribution in [0.1, 0.15) is 62.9 Å². The minimum absolute atomic E-state index is 0.181. The van der Waals surface area contributed by atoms with E-state index in [1.807, 2.05) is 0 Å². The minimum atomic E-state index is 0.181. The fourth-order valence-electron chi connectivity index (χ4n) is 4.19. The van der Waals surface area contributed by atoms with Gasteiger partial charge in [-0.2, -0.15) is 0 Å². The molecule has 0 bridgehead atoms. The molecule has 1 aliphatic heterocycles. The lowest BCUT2D eigenvalue weighted by Crippen LogP contribution is -2.42. The molecular weight excluding hydrogens is 260 g/mol. The molecule has 21 heavy (non-hydrogen) atoms. The quantitative estimate of drug-likeness (QED) is 0.915. The maximum Gasteiger partial charge on any atom is 0.0686 e. The Bertz CT molecular complexity index is 468. The third-order valence-corrected chi connectivity index (χ3v) is 5.17. The van der Waals surface area contributed by atoms with Gasteiger partial charge in [-0.25, -0.2) is 0 Å². The van der Waals surface area contributed by atoms with Crippen molar-refractivity contribution in [3.63, 3.8) is 0 Å². The van der Waals surface area contributed by atoms with Crippen LogP contribution in [0.3, 0.4) is 0 Å². The van der Waals surface area contributed by atoms with E-state index in [1.165, 1.54) is 37.8 Å². The van der Waals surface area contributed by atoms with Gasteiger partial charge in [0.2, 0.25) is 0 Å². The molecule has 2 heterocycles. The zero-order chi connectivity index (χ0) is 14.7. The molecule has 2 unspecified atom stereocenters. The monoisotopic (exact) mass is 288 g/mol. The fourth-order valence-corrected chi connectivity index (χ4v) is 4.19. The van der Waals surface area contributed by atoms with E-state index in [9.17, 15) is 0 Å². The zero-order valence-electron chi connectivity index (χ0n) is 13.4. The van der Waals surface area contributed by atoms with Gasteiger partial charge in [0.15, 0.2) is 0 Å². The smallest absolute Gasteiger partial charge is 0.0686 e. The molecule has 0 radical (unpaired) electrons. The van der Waals surface area contributed by atoms with E-state index in [0.717, 1.165) is 25.3 Å². The number of nitrogens with one attached hydrogen (secondary N) is 1. The van der Waals surface area contributed by atoms with Crippen LogP contribution in [-0.2, 0) is 4.74 Å². The number of nitrogens with zero attached hydrogens (tertiary/aromatic N) is 1. The molecule has 0 amide bonds. The average molecular weight is 288 g/mol. The van der Waals surface area contributed by atoms with Crippen molar-refractivity contribution in [3.8, 4) is 0 Å². The molecule has 2 aliphatic rings. The SMILES string of the molecule is CCNC(c1cccc(C)n1)C1CCOC2(CCCC2)C1. The molecule has 1 saturated carbocycles. The van der Waals surface area contributed by atoms with Crippen LogP contribution in [0, 0.1) is 12.8 Å². The Morgan fingerprint density at radius 3 is 2.90 bits per heavy atom. The standard InChI is InChI=1S/C18H28N2O/c1-3-19-17(16-8-6-7-14(2)20-16)15-9-12-21-18(13-15)10-4-5-11-18/h6-8,15,17,19H,3-5,9-13H2,1-2H3. The number of rotatable bonds is 4. The van der Waals surface area contributed by atoms with E-state index in [0.29, 0.717) is 12.0 Å². The van der Waals surface area contributed by atoms with Gasteiger partial charge < -0.3 is 10.1 Å². The van der Waals surface area contributed by atoms with Gasteiger partial charge in [-0.05, 0) is 57.2 Å². The van der Waals surface area contributed by atoms with Crippen LogP contribution in [0.15, 0.2) is 18.2 Å². The highest BCUT2D eigenvalue weighted by Crippen LogP contribution is 2.45. The van der Waals surface area contributed by atoms with Crippen molar-refractivity contribution in [3.05, 3.63) is 29.6 Å². The molecule has 3 nitrogen and oxygen atoms in total. The summed E-state index contributed by atoms with van der Waals surface area (Å²) in [5, 5.41) is 3.68. The number of hydrogen-bond donors (Lipinski definition) is 1. The van der Waals surface area contributed by atoms with Crippen molar-refractivity contribution in [1.29, 1.82) is 0 Å². The van der Waals surface area contributed by atoms with E-state index >= 15 is 0 Å². The molecule has 3 rings (SSSR count). The van der Waals surface area contributed by atoms with Gasteiger partial charge in [0.05, 0.1) is 17.3 Å². The summed E-state index contributed by atoms with van der Waals surface area (Å²) >= 11 is 0. The Hall–Kier alpha value is -0.930. The van der Waals surface area contributed by atoms with Crippen molar-refractivity contribution >= 4 is 0 Å². The summed E-state index contributed by atoms with van der Waals surface area (Å²) in [5.74, 6) is 0.645.